The molecule has 3 aromatic rings. The van der Waals surface area contributed by atoms with Crippen LogP contribution in [0, 0.1) is 4.77 Å². The van der Waals surface area contributed by atoms with Gasteiger partial charge in [0.05, 0.1) is 21.4 Å². The van der Waals surface area contributed by atoms with Crippen LogP contribution in [0.4, 0.5) is 0 Å². The van der Waals surface area contributed by atoms with Gasteiger partial charge in [-0.1, -0.05) is 35.9 Å². The third-order valence-corrected chi connectivity index (χ3v) is 4.44. The van der Waals surface area contributed by atoms with E-state index in [0.717, 1.165) is 0 Å². The molecule has 2 heterocycles. The van der Waals surface area contributed by atoms with Crippen LogP contribution >= 0.6 is 23.8 Å². The van der Waals surface area contributed by atoms with Crippen LogP contribution in [0.25, 0.3) is 11.8 Å². The molecular formula is C18H11ClN4O2S. The van der Waals surface area contributed by atoms with Gasteiger partial charge in [0.2, 0.25) is 5.88 Å². The van der Waals surface area contributed by atoms with Gasteiger partial charge >= 0.3 is 0 Å². The van der Waals surface area contributed by atoms with E-state index in [0.29, 0.717) is 27.2 Å². The Bertz CT molecular complexity index is 1270. The second-order valence-electron chi connectivity index (χ2n) is 5.50. The number of nitrogens with one attached hydrogen (secondary N) is 1. The van der Waals surface area contributed by atoms with Crippen LogP contribution in [0.15, 0.2) is 69.1 Å². The van der Waals surface area contributed by atoms with E-state index in [4.69, 9.17) is 23.8 Å². The van der Waals surface area contributed by atoms with Crippen molar-refractivity contribution in [1.82, 2.24) is 9.55 Å². The first-order valence-electron chi connectivity index (χ1n) is 7.62. The van der Waals surface area contributed by atoms with E-state index in [2.05, 4.69) is 15.0 Å². The molecule has 26 heavy (non-hydrogen) atoms. The number of hydrogen-bond acceptors (Lipinski definition) is 5. The number of benzene rings is 2. The monoisotopic (exact) mass is 382 g/mol. The summed E-state index contributed by atoms with van der Waals surface area (Å²) in [6.45, 7) is 0. The molecule has 0 saturated heterocycles. The van der Waals surface area contributed by atoms with Gasteiger partial charge < -0.3 is 5.11 Å². The molecule has 0 radical (unpaired) electrons. The van der Waals surface area contributed by atoms with E-state index in [1.165, 1.54) is 10.6 Å². The number of fused-ring (bicyclic) bond motifs is 1. The topological polar surface area (TPSA) is 82.7 Å². The number of halogens is 1. The summed E-state index contributed by atoms with van der Waals surface area (Å²) < 4.78 is 1.33. The summed E-state index contributed by atoms with van der Waals surface area (Å²) in [5.41, 5.74) is -0.0883. The van der Waals surface area contributed by atoms with Crippen molar-refractivity contribution in [3.8, 4) is 11.6 Å². The molecule has 1 aromatic heterocycles. The summed E-state index contributed by atoms with van der Waals surface area (Å²) in [5, 5.41) is 12.5. The predicted octanol–water partition coefficient (Wildman–Crippen LogP) is 2.51. The lowest BCUT2D eigenvalue weighted by Gasteiger charge is -2.12. The lowest BCUT2D eigenvalue weighted by Crippen LogP contribution is -2.19. The molecule has 1 aliphatic heterocycles. The van der Waals surface area contributed by atoms with Crippen molar-refractivity contribution in [1.29, 1.82) is 0 Å². The lowest BCUT2D eigenvalue weighted by atomic mass is 10.2. The fourth-order valence-electron chi connectivity index (χ4n) is 2.64. The Morgan fingerprint density at radius 1 is 1.08 bits per heavy atom. The maximum absolute atomic E-state index is 12.3. The largest absolute Gasteiger partial charge is 0.494 e. The van der Waals surface area contributed by atoms with Gasteiger partial charge in [0.15, 0.2) is 10.6 Å². The minimum absolute atomic E-state index is 0.00572. The summed E-state index contributed by atoms with van der Waals surface area (Å²) in [4.78, 5) is 23.6. The van der Waals surface area contributed by atoms with Gasteiger partial charge in [-0.3, -0.25) is 14.3 Å². The Morgan fingerprint density at radius 3 is 2.35 bits per heavy atom. The number of H-pyrrole nitrogens is 1. The quantitative estimate of drug-likeness (QED) is 0.668. The number of aromatic amines is 1. The van der Waals surface area contributed by atoms with E-state index in [1.54, 1.807) is 24.3 Å². The van der Waals surface area contributed by atoms with E-state index < -0.39 is 5.56 Å². The minimum atomic E-state index is -0.537. The van der Waals surface area contributed by atoms with Crippen LogP contribution < -0.4 is 16.3 Å². The molecule has 0 spiro atoms. The normalized spacial score (nSPS) is 12.3. The first kappa shape index (κ1) is 16.4. The maximum atomic E-state index is 12.3. The first-order chi connectivity index (χ1) is 12.5. The van der Waals surface area contributed by atoms with Crippen molar-refractivity contribution in [2.24, 2.45) is 9.98 Å². The average molecular weight is 383 g/mol. The molecule has 0 unspecified atom stereocenters. The fourth-order valence-corrected chi connectivity index (χ4v) is 3.14. The molecular weight excluding hydrogens is 372 g/mol. The van der Waals surface area contributed by atoms with Crippen LogP contribution in [0.3, 0.4) is 0 Å². The Labute approximate surface area is 157 Å². The van der Waals surface area contributed by atoms with Gasteiger partial charge in [0.25, 0.3) is 5.56 Å². The number of hydrogen-bond donors (Lipinski definition) is 2. The zero-order valence-corrected chi connectivity index (χ0v) is 14.8. The van der Waals surface area contributed by atoms with Crippen LogP contribution in [0.5, 0.6) is 5.88 Å². The minimum Gasteiger partial charge on any atom is -0.494 e. The number of para-hydroxylation sites is 3. The molecule has 0 bridgehead atoms. The van der Waals surface area contributed by atoms with Gasteiger partial charge in [-0.2, -0.15) is 0 Å². The molecule has 0 saturated carbocycles. The highest BCUT2D eigenvalue weighted by Gasteiger charge is 2.15. The zero-order valence-electron chi connectivity index (χ0n) is 13.2. The summed E-state index contributed by atoms with van der Waals surface area (Å²) in [6, 6.07) is 14.2. The predicted molar refractivity (Wildman–Crippen MR) is 101 cm³/mol. The van der Waals surface area contributed by atoms with Crippen molar-refractivity contribution in [2.75, 3.05) is 0 Å². The molecule has 128 valence electrons. The lowest BCUT2D eigenvalue weighted by molar-refractivity contribution is 0.432. The van der Waals surface area contributed by atoms with E-state index in [9.17, 15) is 9.90 Å². The maximum Gasteiger partial charge on any atom is 0.262 e. The Morgan fingerprint density at radius 2 is 1.69 bits per heavy atom. The fraction of sp³-hybridized carbons (Fsp3) is 0. The van der Waals surface area contributed by atoms with Crippen LogP contribution in [0.2, 0.25) is 5.02 Å². The smallest absolute Gasteiger partial charge is 0.262 e. The van der Waals surface area contributed by atoms with Crippen molar-refractivity contribution >= 4 is 29.9 Å². The summed E-state index contributed by atoms with van der Waals surface area (Å²) in [7, 11) is 0. The highest BCUT2D eigenvalue weighted by atomic mass is 35.5. The third-order valence-electron chi connectivity index (χ3n) is 3.84. The van der Waals surface area contributed by atoms with Crippen LogP contribution in [-0.2, 0) is 0 Å². The highest BCUT2D eigenvalue weighted by molar-refractivity contribution is 7.71. The zero-order chi connectivity index (χ0) is 18.3. The second kappa shape index (κ2) is 6.36. The number of aromatic hydroxyl groups is 1. The molecule has 0 aliphatic carbocycles. The molecule has 2 aromatic carbocycles. The number of nitrogens with zero attached hydrogens (tertiary/aromatic N) is 3. The van der Waals surface area contributed by atoms with Gasteiger partial charge in [-0.05, 0) is 36.5 Å². The Balaban J connectivity index is 1.95. The first-order valence-corrected chi connectivity index (χ1v) is 8.40. The Kier molecular flexibility index (Phi) is 4.02. The molecule has 0 amide bonds. The van der Waals surface area contributed by atoms with E-state index in [1.807, 2.05) is 24.3 Å². The standard InChI is InChI=1S/C18H11ClN4O2S/c19-11-5-1-4-8-14(11)23-17(25)10(16(24)22-18(23)26)9-15-20-12-6-2-3-7-13(12)21-15/h1-9,25H,(H,22,24,26). The second-order valence-corrected chi connectivity index (χ2v) is 6.29. The number of aromatic nitrogens is 2. The van der Waals surface area contributed by atoms with Crippen molar-refractivity contribution in [3.63, 3.8) is 0 Å². The van der Waals surface area contributed by atoms with E-state index >= 15 is 0 Å². The summed E-state index contributed by atoms with van der Waals surface area (Å²) >= 11 is 11.4. The molecule has 0 atom stereocenters. The summed E-state index contributed by atoms with van der Waals surface area (Å²) in [6.07, 6.45) is 1.41. The van der Waals surface area contributed by atoms with Gasteiger partial charge in [0.1, 0.15) is 5.56 Å². The third kappa shape index (κ3) is 2.77. The van der Waals surface area contributed by atoms with Crippen molar-refractivity contribution in [3.05, 3.63) is 90.8 Å². The molecule has 2 N–H and O–H groups in total. The molecule has 1 aliphatic rings. The molecule has 8 heteroatoms. The van der Waals surface area contributed by atoms with Gasteiger partial charge in [-0.25, -0.2) is 9.98 Å². The highest BCUT2D eigenvalue weighted by Crippen LogP contribution is 2.26. The molecule has 6 nitrogen and oxygen atoms in total. The van der Waals surface area contributed by atoms with Crippen molar-refractivity contribution < 1.29 is 5.11 Å². The summed E-state index contributed by atoms with van der Waals surface area (Å²) in [5.74, 6) is -0.0180. The van der Waals surface area contributed by atoms with Gasteiger partial charge in [0, 0.05) is 6.08 Å². The number of rotatable bonds is 2. The van der Waals surface area contributed by atoms with Crippen molar-refractivity contribution in [2.45, 2.75) is 0 Å². The SMILES string of the molecule is O=c1[nH]c(=S)n(-c2ccccc2Cl)c(O)c1C=C1N=c2ccccc2=N1. The van der Waals surface area contributed by atoms with Crippen LogP contribution in [0.1, 0.15) is 5.56 Å². The van der Waals surface area contributed by atoms with Gasteiger partial charge in [-0.15, -0.1) is 0 Å². The van der Waals surface area contributed by atoms with E-state index in [-0.39, 0.29) is 16.2 Å². The van der Waals surface area contributed by atoms with Crippen LogP contribution in [-0.4, -0.2) is 14.7 Å². The average Bonchev–Trinajstić information content (AvgIpc) is 3.02. The Hall–Kier alpha value is -3.03. The molecule has 0 fully saturated rings. The molecule has 4 rings (SSSR count).